The van der Waals surface area contributed by atoms with Crippen LogP contribution in [0.1, 0.15) is 56.4 Å². The summed E-state index contributed by atoms with van der Waals surface area (Å²) >= 11 is 0. The van der Waals surface area contributed by atoms with E-state index < -0.39 is 17.7 Å². The number of nitrogens with zero attached hydrogens (tertiary/aromatic N) is 4. The number of hydrogen-bond donors (Lipinski definition) is 0. The van der Waals surface area contributed by atoms with Gasteiger partial charge in [0.25, 0.3) is 0 Å². The standard InChI is InChI=1S/C26H28F2N4O2/c1-14(2)13-31-22-8-5-17(25-15(3)30-34-16(25)4)11-21(22)29-26(31)23-9-10-24(33)32(23)18-6-7-19(27)20(28)12-18/h5,7-8,11-12,14,18,23H,6,9-10,13H2,1-4H3/t18?,23-/m0/s1. The van der Waals surface area contributed by atoms with Gasteiger partial charge in [-0.15, -0.1) is 0 Å². The fourth-order valence-corrected chi connectivity index (χ4v) is 5.21. The number of fused-ring (bicyclic) bond motifs is 1. The Morgan fingerprint density at radius 2 is 2.00 bits per heavy atom. The highest BCUT2D eigenvalue weighted by Crippen LogP contribution is 2.39. The zero-order valence-corrected chi connectivity index (χ0v) is 19.8. The van der Waals surface area contributed by atoms with E-state index in [1.165, 1.54) is 12.2 Å². The highest BCUT2D eigenvalue weighted by Gasteiger charge is 2.40. The number of amides is 1. The summed E-state index contributed by atoms with van der Waals surface area (Å²) < 4.78 is 35.2. The van der Waals surface area contributed by atoms with Crippen LogP contribution in [0, 0.1) is 19.8 Å². The molecular weight excluding hydrogens is 438 g/mol. The number of imidazole rings is 1. The summed E-state index contributed by atoms with van der Waals surface area (Å²) in [4.78, 5) is 19.6. The molecular formula is C26H28F2N4O2. The minimum Gasteiger partial charge on any atom is -0.361 e. The molecule has 0 saturated carbocycles. The van der Waals surface area contributed by atoms with Crippen LogP contribution in [0.3, 0.4) is 0 Å². The summed E-state index contributed by atoms with van der Waals surface area (Å²) in [6, 6.07) is 5.30. The molecule has 34 heavy (non-hydrogen) atoms. The van der Waals surface area contributed by atoms with Gasteiger partial charge < -0.3 is 14.0 Å². The van der Waals surface area contributed by atoms with E-state index >= 15 is 0 Å². The van der Waals surface area contributed by atoms with Crippen molar-refractivity contribution in [2.75, 3.05) is 0 Å². The fourth-order valence-electron chi connectivity index (χ4n) is 5.21. The minimum atomic E-state index is -0.908. The molecule has 2 atom stereocenters. The van der Waals surface area contributed by atoms with E-state index in [9.17, 15) is 13.6 Å². The highest BCUT2D eigenvalue weighted by atomic mass is 19.2. The zero-order chi connectivity index (χ0) is 24.1. The van der Waals surface area contributed by atoms with E-state index in [0.29, 0.717) is 18.8 Å². The molecule has 0 bridgehead atoms. The number of allylic oxidation sites excluding steroid dienone is 2. The molecule has 1 aliphatic heterocycles. The lowest BCUT2D eigenvalue weighted by molar-refractivity contribution is -0.130. The Bertz CT molecular complexity index is 1310. The SMILES string of the molecule is Cc1noc(C)c1-c1ccc2c(c1)nc([C@@H]1CCC(=O)N1C1C=C(F)C(F)=CC1)n2CC(C)C. The van der Waals surface area contributed by atoms with Gasteiger partial charge in [-0.3, -0.25) is 4.79 Å². The first-order valence-electron chi connectivity index (χ1n) is 11.7. The number of rotatable bonds is 5. The number of carbonyl (C=O) groups is 1. The van der Waals surface area contributed by atoms with Crippen LogP contribution in [0.2, 0.25) is 0 Å². The average Bonchev–Trinajstić information content (AvgIpc) is 3.44. The maximum Gasteiger partial charge on any atom is 0.223 e. The van der Waals surface area contributed by atoms with Gasteiger partial charge in [0.2, 0.25) is 5.91 Å². The number of halogens is 2. The number of aryl methyl sites for hydroxylation is 2. The molecule has 0 radical (unpaired) electrons. The van der Waals surface area contributed by atoms with E-state index in [-0.39, 0.29) is 18.4 Å². The maximum absolute atomic E-state index is 14.0. The molecule has 1 unspecified atom stereocenters. The van der Waals surface area contributed by atoms with Gasteiger partial charge in [-0.1, -0.05) is 25.1 Å². The molecule has 8 heteroatoms. The van der Waals surface area contributed by atoms with Crippen molar-refractivity contribution in [3.8, 4) is 11.1 Å². The predicted molar refractivity (Wildman–Crippen MR) is 125 cm³/mol. The van der Waals surface area contributed by atoms with Crippen LogP contribution in [0.15, 0.2) is 46.5 Å². The number of benzene rings is 1. The lowest BCUT2D eigenvalue weighted by Crippen LogP contribution is -2.38. The van der Waals surface area contributed by atoms with Gasteiger partial charge in [-0.2, -0.15) is 0 Å². The van der Waals surface area contributed by atoms with Crippen LogP contribution in [0.4, 0.5) is 8.78 Å². The van der Waals surface area contributed by atoms with Crippen LogP contribution >= 0.6 is 0 Å². The largest absolute Gasteiger partial charge is 0.361 e. The number of likely N-dealkylation sites (tertiary alicyclic amines) is 1. The van der Waals surface area contributed by atoms with Gasteiger partial charge in [0, 0.05) is 18.5 Å². The van der Waals surface area contributed by atoms with Crippen LogP contribution in [-0.4, -0.2) is 31.6 Å². The molecule has 0 spiro atoms. The molecule has 0 N–H and O–H groups in total. The van der Waals surface area contributed by atoms with E-state index in [4.69, 9.17) is 9.51 Å². The van der Waals surface area contributed by atoms with Gasteiger partial charge in [-0.25, -0.2) is 13.8 Å². The number of carbonyl (C=O) groups excluding carboxylic acids is 1. The maximum atomic E-state index is 14.0. The second kappa shape index (κ2) is 8.49. The van der Waals surface area contributed by atoms with E-state index in [1.54, 1.807) is 4.90 Å². The third-order valence-electron chi connectivity index (χ3n) is 6.66. The highest BCUT2D eigenvalue weighted by molar-refractivity contribution is 5.84. The summed E-state index contributed by atoms with van der Waals surface area (Å²) in [5.74, 6) is 0.0575. The Balaban J connectivity index is 1.61. The second-order valence-electron chi connectivity index (χ2n) is 9.60. The number of aromatic nitrogens is 3. The van der Waals surface area contributed by atoms with Crippen molar-refractivity contribution in [1.82, 2.24) is 19.6 Å². The molecule has 6 nitrogen and oxygen atoms in total. The minimum absolute atomic E-state index is 0.0608. The van der Waals surface area contributed by atoms with Gasteiger partial charge >= 0.3 is 0 Å². The number of hydrogen-bond acceptors (Lipinski definition) is 4. The van der Waals surface area contributed by atoms with E-state index in [1.807, 2.05) is 26.0 Å². The van der Waals surface area contributed by atoms with E-state index in [2.05, 4.69) is 29.6 Å². The van der Waals surface area contributed by atoms with Crippen LogP contribution in [0.5, 0.6) is 0 Å². The molecule has 1 amide bonds. The molecule has 3 heterocycles. The van der Waals surface area contributed by atoms with Crippen LogP contribution in [-0.2, 0) is 11.3 Å². The zero-order valence-electron chi connectivity index (χ0n) is 19.8. The second-order valence-corrected chi connectivity index (χ2v) is 9.60. The molecule has 5 rings (SSSR count). The third-order valence-corrected chi connectivity index (χ3v) is 6.66. The Kier molecular flexibility index (Phi) is 5.62. The molecule has 2 aromatic heterocycles. The summed E-state index contributed by atoms with van der Waals surface area (Å²) in [5.41, 5.74) is 4.55. The summed E-state index contributed by atoms with van der Waals surface area (Å²) in [6.07, 6.45) is 3.64. The van der Waals surface area contributed by atoms with Gasteiger partial charge in [0.1, 0.15) is 11.6 Å². The molecule has 1 fully saturated rings. The van der Waals surface area contributed by atoms with Crippen molar-refractivity contribution in [3.05, 3.63) is 59.3 Å². The molecule has 1 aromatic carbocycles. The Labute approximate surface area is 196 Å². The first-order chi connectivity index (χ1) is 16.2. The lowest BCUT2D eigenvalue weighted by Gasteiger charge is -2.32. The van der Waals surface area contributed by atoms with Crippen molar-refractivity contribution in [1.29, 1.82) is 0 Å². The Morgan fingerprint density at radius 1 is 1.21 bits per heavy atom. The van der Waals surface area contributed by atoms with Crippen molar-refractivity contribution in [2.45, 2.75) is 65.6 Å². The van der Waals surface area contributed by atoms with Crippen molar-refractivity contribution in [2.24, 2.45) is 5.92 Å². The fraction of sp³-hybridized carbons (Fsp3) is 0.423. The predicted octanol–water partition coefficient (Wildman–Crippen LogP) is 6.11. The van der Waals surface area contributed by atoms with Gasteiger partial charge in [-0.05, 0) is 62.5 Å². The Hall–Kier alpha value is -3.29. The van der Waals surface area contributed by atoms with Gasteiger partial charge in [0.05, 0.1) is 28.8 Å². The first kappa shape index (κ1) is 22.5. The Morgan fingerprint density at radius 3 is 2.68 bits per heavy atom. The summed E-state index contributed by atoms with van der Waals surface area (Å²) in [6.45, 7) is 8.81. The quantitative estimate of drug-likeness (QED) is 0.455. The van der Waals surface area contributed by atoms with Gasteiger partial charge in [0.15, 0.2) is 11.7 Å². The van der Waals surface area contributed by atoms with Crippen LogP contribution < -0.4 is 0 Å². The molecule has 3 aromatic rings. The van der Waals surface area contributed by atoms with Crippen molar-refractivity contribution in [3.63, 3.8) is 0 Å². The average molecular weight is 467 g/mol. The molecule has 178 valence electrons. The first-order valence-corrected chi connectivity index (χ1v) is 11.7. The summed E-state index contributed by atoms with van der Waals surface area (Å²) in [7, 11) is 0. The smallest absolute Gasteiger partial charge is 0.223 e. The molecule has 2 aliphatic rings. The lowest BCUT2D eigenvalue weighted by atomic mass is 10.0. The van der Waals surface area contributed by atoms with Crippen molar-refractivity contribution >= 4 is 16.9 Å². The topological polar surface area (TPSA) is 64.2 Å². The molecule has 1 saturated heterocycles. The normalized spacial score (nSPS) is 21.0. The third kappa shape index (κ3) is 3.75. The molecule has 1 aliphatic carbocycles. The van der Waals surface area contributed by atoms with Crippen molar-refractivity contribution < 1.29 is 18.1 Å². The summed E-state index contributed by atoms with van der Waals surface area (Å²) in [5, 5.41) is 4.07. The van der Waals surface area contributed by atoms with E-state index in [0.717, 1.165) is 46.0 Å². The van der Waals surface area contributed by atoms with Crippen LogP contribution in [0.25, 0.3) is 22.2 Å². The monoisotopic (exact) mass is 466 g/mol.